The minimum absolute atomic E-state index is 0.0249. The normalized spacial score (nSPS) is 15.4. The fourth-order valence-electron chi connectivity index (χ4n) is 2.31. The first kappa shape index (κ1) is 12.5. The highest BCUT2D eigenvalue weighted by Crippen LogP contribution is 2.14. The molecular weight excluding hydrogens is 256 g/mol. The van der Waals surface area contributed by atoms with Gasteiger partial charge in [-0.1, -0.05) is 0 Å². The summed E-state index contributed by atoms with van der Waals surface area (Å²) in [6.45, 7) is 2.30. The zero-order valence-corrected chi connectivity index (χ0v) is 10.9. The van der Waals surface area contributed by atoms with Crippen molar-refractivity contribution < 1.29 is 9.59 Å². The zero-order valence-electron chi connectivity index (χ0n) is 10.9. The van der Waals surface area contributed by atoms with Crippen molar-refractivity contribution in [2.24, 2.45) is 0 Å². The van der Waals surface area contributed by atoms with Gasteiger partial charge in [-0.25, -0.2) is 0 Å². The lowest BCUT2D eigenvalue weighted by Gasteiger charge is -2.32. The summed E-state index contributed by atoms with van der Waals surface area (Å²) in [6.07, 6.45) is 4.06. The van der Waals surface area contributed by atoms with Gasteiger partial charge in [-0.05, 0) is 18.2 Å². The van der Waals surface area contributed by atoms with Crippen molar-refractivity contribution in [3.8, 4) is 0 Å². The van der Waals surface area contributed by atoms with Crippen molar-refractivity contribution in [1.29, 1.82) is 0 Å². The van der Waals surface area contributed by atoms with Gasteiger partial charge in [0.05, 0.1) is 11.0 Å². The smallest absolute Gasteiger partial charge is 0.254 e. The van der Waals surface area contributed by atoms with E-state index < -0.39 is 0 Å². The summed E-state index contributed by atoms with van der Waals surface area (Å²) in [7, 11) is 0. The maximum Gasteiger partial charge on any atom is 0.254 e. The van der Waals surface area contributed by atoms with Gasteiger partial charge >= 0.3 is 0 Å². The largest absolute Gasteiger partial charge is 0.342 e. The van der Waals surface area contributed by atoms with Crippen LogP contribution < -0.4 is 0 Å². The molecule has 3 rings (SSSR count). The molecule has 0 spiro atoms. The Kier molecular flexibility index (Phi) is 3.28. The third-order valence-electron chi connectivity index (χ3n) is 3.47. The van der Waals surface area contributed by atoms with Crippen LogP contribution >= 0.6 is 0 Å². The summed E-state index contributed by atoms with van der Waals surface area (Å²) in [4.78, 5) is 34.9. The molecule has 6 heteroatoms. The lowest BCUT2D eigenvalue weighted by Crippen LogP contribution is -2.48. The maximum absolute atomic E-state index is 12.4. The first-order chi connectivity index (χ1) is 9.78. The van der Waals surface area contributed by atoms with Crippen LogP contribution in [0.25, 0.3) is 11.0 Å². The molecule has 0 bridgehead atoms. The topological polar surface area (TPSA) is 66.4 Å². The van der Waals surface area contributed by atoms with Crippen LogP contribution in [0.4, 0.5) is 0 Å². The van der Waals surface area contributed by atoms with Gasteiger partial charge < -0.3 is 9.80 Å². The Bertz CT molecular complexity index is 650. The number of rotatable bonds is 2. The molecule has 2 heterocycles. The number of nitrogens with zero attached hydrogens (tertiary/aromatic N) is 4. The lowest BCUT2D eigenvalue weighted by molar-refractivity contribution is -0.119. The Labute approximate surface area is 116 Å². The summed E-state index contributed by atoms with van der Waals surface area (Å²) in [5.74, 6) is -0.0249. The summed E-state index contributed by atoms with van der Waals surface area (Å²) in [6, 6.07) is 5.33. The molecule has 0 aliphatic carbocycles. The number of aromatic nitrogens is 2. The third-order valence-corrected chi connectivity index (χ3v) is 3.47. The van der Waals surface area contributed by atoms with Gasteiger partial charge in [-0.15, -0.1) is 0 Å². The summed E-state index contributed by atoms with van der Waals surface area (Å²) < 4.78 is 0. The van der Waals surface area contributed by atoms with Crippen LogP contribution in [0.15, 0.2) is 30.6 Å². The number of carbonyl (C=O) groups excluding carboxylic acids is 2. The quantitative estimate of drug-likeness (QED) is 0.747. The fraction of sp³-hybridized carbons (Fsp3) is 0.286. The molecule has 20 heavy (non-hydrogen) atoms. The lowest BCUT2D eigenvalue weighted by atomic mass is 10.1. The van der Waals surface area contributed by atoms with Gasteiger partial charge in [0.2, 0.25) is 6.41 Å². The molecule has 0 N–H and O–H groups in total. The molecule has 1 fully saturated rings. The van der Waals surface area contributed by atoms with Crippen LogP contribution in [0.1, 0.15) is 10.4 Å². The maximum atomic E-state index is 12.4. The second-order valence-electron chi connectivity index (χ2n) is 4.69. The fourth-order valence-corrected chi connectivity index (χ4v) is 2.31. The predicted octanol–water partition coefficient (Wildman–Crippen LogP) is 0.544. The molecule has 1 aromatic carbocycles. The minimum atomic E-state index is -0.0249. The number of amides is 2. The Morgan fingerprint density at radius 1 is 1.05 bits per heavy atom. The van der Waals surface area contributed by atoms with Crippen LogP contribution in [0.3, 0.4) is 0 Å². The number of fused-ring (bicyclic) bond motifs is 1. The third kappa shape index (κ3) is 2.32. The SMILES string of the molecule is O=CN1CCN(C(=O)c2ccc3nccnc3c2)CC1. The van der Waals surface area contributed by atoms with Crippen LogP contribution in [-0.2, 0) is 4.79 Å². The highest BCUT2D eigenvalue weighted by molar-refractivity contribution is 5.97. The number of hydrogen-bond donors (Lipinski definition) is 0. The summed E-state index contributed by atoms with van der Waals surface area (Å²) in [5, 5.41) is 0. The molecular formula is C14H14N4O2. The van der Waals surface area contributed by atoms with Gasteiger partial charge in [0.15, 0.2) is 0 Å². The zero-order chi connectivity index (χ0) is 13.9. The molecule has 2 aromatic rings. The molecule has 1 aromatic heterocycles. The highest BCUT2D eigenvalue weighted by atomic mass is 16.2. The number of benzene rings is 1. The van der Waals surface area contributed by atoms with Gasteiger partial charge in [-0.3, -0.25) is 19.6 Å². The van der Waals surface area contributed by atoms with Crippen molar-refractivity contribution in [3.05, 3.63) is 36.2 Å². The Hall–Kier alpha value is -2.50. The van der Waals surface area contributed by atoms with Crippen LogP contribution in [0, 0.1) is 0 Å². The summed E-state index contributed by atoms with van der Waals surface area (Å²) >= 11 is 0. The molecule has 1 aliphatic heterocycles. The van der Waals surface area contributed by atoms with Gasteiger partial charge in [-0.2, -0.15) is 0 Å². The average molecular weight is 270 g/mol. The van der Waals surface area contributed by atoms with E-state index in [1.807, 2.05) is 0 Å². The van der Waals surface area contributed by atoms with Crippen molar-refractivity contribution >= 4 is 23.4 Å². The van der Waals surface area contributed by atoms with Crippen molar-refractivity contribution in [3.63, 3.8) is 0 Å². The standard InChI is InChI=1S/C14H14N4O2/c19-10-17-5-7-18(8-6-17)14(20)11-1-2-12-13(9-11)16-4-3-15-12/h1-4,9-10H,5-8H2. The van der Waals surface area contributed by atoms with E-state index >= 15 is 0 Å². The second kappa shape index (κ2) is 5.24. The Morgan fingerprint density at radius 3 is 2.45 bits per heavy atom. The van der Waals surface area contributed by atoms with E-state index in [1.54, 1.807) is 40.4 Å². The first-order valence-corrected chi connectivity index (χ1v) is 6.47. The average Bonchev–Trinajstić information content (AvgIpc) is 2.54. The number of hydrogen-bond acceptors (Lipinski definition) is 4. The minimum Gasteiger partial charge on any atom is -0.342 e. The number of carbonyl (C=O) groups is 2. The van der Waals surface area contributed by atoms with Gasteiger partial charge in [0.25, 0.3) is 5.91 Å². The molecule has 1 saturated heterocycles. The van der Waals surface area contributed by atoms with E-state index in [9.17, 15) is 9.59 Å². The molecule has 102 valence electrons. The van der Waals surface area contributed by atoms with Crippen LogP contribution in [0.2, 0.25) is 0 Å². The molecule has 0 saturated carbocycles. The molecule has 2 amide bonds. The number of piperazine rings is 1. The molecule has 0 atom stereocenters. The summed E-state index contributed by atoms with van der Waals surface area (Å²) in [5.41, 5.74) is 2.09. The van der Waals surface area contributed by atoms with Crippen molar-refractivity contribution in [2.45, 2.75) is 0 Å². The monoisotopic (exact) mass is 270 g/mol. The van der Waals surface area contributed by atoms with Crippen LogP contribution in [0.5, 0.6) is 0 Å². The van der Waals surface area contributed by atoms with E-state index in [0.29, 0.717) is 37.3 Å². The highest BCUT2D eigenvalue weighted by Gasteiger charge is 2.21. The Balaban J connectivity index is 1.80. The molecule has 0 radical (unpaired) electrons. The van der Waals surface area contributed by atoms with Crippen LogP contribution in [-0.4, -0.2) is 58.3 Å². The van der Waals surface area contributed by atoms with E-state index in [-0.39, 0.29) is 5.91 Å². The molecule has 0 unspecified atom stereocenters. The van der Waals surface area contributed by atoms with Gasteiger partial charge in [0, 0.05) is 44.1 Å². The van der Waals surface area contributed by atoms with E-state index in [2.05, 4.69) is 9.97 Å². The molecule has 1 aliphatic rings. The predicted molar refractivity (Wildman–Crippen MR) is 73.1 cm³/mol. The molecule has 6 nitrogen and oxygen atoms in total. The van der Waals surface area contributed by atoms with E-state index in [1.165, 1.54) is 0 Å². The van der Waals surface area contributed by atoms with Crippen molar-refractivity contribution in [1.82, 2.24) is 19.8 Å². The van der Waals surface area contributed by atoms with Crippen molar-refractivity contribution in [2.75, 3.05) is 26.2 Å². The second-order valence-corrected chi connectivity index (χ2v) is 4.69. The van der Waals surface area contributed by atoms with Gasteiger partial charge in [0.1, 0.15) is 0 Å². The van der Waals surface area contributed by atoms with E-state index in [0.717, 1.165) is 11.9 Å². The van der Waals surface area contributed by atoms with E-state index in [4.69, 9.17) is 0 Å². The Morgan fingerprint density at radius 2 is 1.75 bits per heavy atom. The first-order valence-electron chi connectivity index (χ1n) is 6.47.